The molecule has 112 valence electrons. The molecular weight excluding hydrogens is 289 g/mol. The van der Waals surface area contributed by atoms with Crippen molar-refractivity contribution < 1.29 is 12.8 Å². The predicted octanol–water partition coefficient (Wildman–Crippen LogP) is 2.71. The van der Waals surface area contributed by atoms with Crippen LogP contribution in [0, 0.1) is 12.7 Å². The van der Waals surface area contributed by atoms with Gasteiger partial charge in [0.15, 0.2) is 9.84 Å². The van der Waals surface area contributed by atoms with E-state index in [-0.39, 0.29) is 18.1 Å². The topological polar surface area (TPSA) is 60.2 Å². The average Bonchev–Trinajstić information content (AvgIpc) is 2.43. The Hall–Kier alpha value is -1.72. The monoisotopic (exact) mass is 307 g/mol. The van der Waals surface area contributed by atoms with E-state index in [1.54, 1.807) is 0 Å². The average molecular weight is 307 g/mol. The fourth-order valence-electron chi connectivity index (χ4n) is 2.19. The Labute approximate surface area is 124 Å². The Kier molecular flexibility index (Phi) is 4.75. The summed E-state index contributed by atoms with van der Waals surface area (Å²) in [4.78, 5) is 0. The lowest BCUT2D eigenvalue weighted by molar-refractivity contribution is 0.593. The van der Waals surface area contributed by atoms with Gasteiger partial charge in [-0.05, 0) is 29.7 Å². The molecule has 0 unspecified atom stereocenters. The predicted molar refractivity (Wildman–Crippen MR) is 81.8 cm³/mol. The molecule has 0 radical (unpaired) electrons. The molecule has 2 rings (SSSR count). The Bertz CT molecular complexity index is 742. The first kappa shape index (κ1) is 15.7. The third-order valence-corrected chi connectivity index (χ3v) is 4.88. The molecule has 0 atom stereocenters. The molecule has 0 saturated heterocycles. The van der Waals surface area contributed by atoms with Crippen LogP contribution in [0.15, 0.2) is 42.5 Å². The molecule has 21 heavy (non-hydrogen) atoms. The van der Waals surface area contributed by atoms with Gasteiger partial charge in [-0.2, -0.15) is 0 Å². The Morgan fingerprint density at radius 2 is 1.76 bits per heavy atom. The summed E-state index contributed by atoms with van der Waals surface area (Å²) in [5.41, 5.74) is 8.07. The van der Waals surface area contributed by atoms with Gasteiger partial charge >= 0.3 is 0 Å². The van der Waals surface area contributed by atoms with Gasteiger partial charge in [-0.3, -0.25) is 0 Å². The van der Waals surface area contributed by atoms with E-state index < -0.39 is 15.7 Å². The zero-order valence-corrected chi connectivity index (χ0v) is 12.7. The van der Waals surface area contributed by atoms with Crippen LogP contribution in [-0.4, -0.2) is 8.42 Å². The number of rotatable bonds is 5. The van der Waals surface area contributed by atoms with Crippen LogP contribution in [-0.2, 0) is 27.9 Å². The van der Waals surface area contributed by atoms with Gasteiger partial charge in [-0.25, -0.2) is 12.8 Å². The number of hydrogen-bond acceptors (Lipinski definition) is 3. The van der Waals surface area contributed by atoms with Gasteiger partial charge in [0.05, 0.1) is 11.5 Å². The van der Waals surface area contributed by atoms with Gasteiger partial charge in [-0.15, -0.1) is 0 Å². The van der Waals surface area contributed by atoms with Crippen molar-refractivity contribution in [3.05, 3.63) is 70.5 Å². The molecule has 5 heteroatoms. The van der Waals surface area contributed by atoms with Crippen LogP contribution in [0.5, 0.6) is 0 Å². The second-order valence-electron chi connectivity index (χ2n) is 5.09. The smallest absolute Gasteiger partial charge is 0.158 e. The Balaban J connectivity index is 2.20. The minimum absolute atomic E-state index is 0.0188. The van der Waals surface area contributed by atoms with Crippen molar-refractivity contribution >= 4 is 9.84 Å². The molecule has 3 nitrogen and oxygen atoms in total. The van der Waals surface area contributed by atoms with Gasteiger partial charge in [0, 0.05) is 12.1 Å². The number of sulfone groups is 1. The third kappa shape index (κ3) is 4.12. The maximum atomic E-state index is 13.4. The third-order valence-electron chi connectivity index (χ3n) is 3.35. The maximum Gasteiger partial charge on any atom is 0.158 e. The van der Waals surface area contributed by atoms with Crippen LogP contribution in [0.1, 0.15) is 22.3 Å². The summed E-state index contributed by atoms with van der Waals surface area (Å²) in [5.74, 6) is -0.540. The minimum Gasteiger partial charge on any atom is -0.326 e. The van der Waals surface area contributed by atoms with E-state index in [9.17, 15) is 12.8 Å². The van der Waals surface area contributed by atoms with Gasteiger partial charge < -0.3 is 5.73 Å². The molecule has 2 aromatic rings. The Morgan fingerprint density at radius 1 is 1.05 bits per heavy atom. The molecule has 0 bridgehead atoms. The fraction of sp³-hybridized carbons (Fsp3) is 0.250. The summed E-state index contributed by atoms with van der Waals surface area (Å²) in [6.45, 7) is 1.94. The fourth-order valence-corrected chi connectivity index (χ4v) is 3.78. The second kappa shape index (κ2) is 6.37. The van der Waals surface area contributed by atoms with E-state index in [4.69, 9.17) is 5.73 Å². The molecule has 0 fully saturated rings. The van der Waals surface area contributed by atoms with Crippen LogP contribution < -0.4 is 5.73 Å². The number of nitrogens with two attached hydrogens (primary N) is 1. The summed E-state index contributed by atoms with van der Waals surface area (Å²) in [5, 5.41) is 0. The van der Waals surface area contributed by atoms with Crippen molar-refractivity contribution in [2.75, 3.05) is 0 Å². The van der Waals surface area contributed by atoms with E-state index >= 15 is 0 Å². The van der Waals surface area contributed by atoms with Crippen LogP contribution in [0.25, 0.3) is 0 Å². The van der Waals surface area contributed by atoms with E-state index in [1.807, 2.05) is 31.2 Å². The van der Waals surface area contributed by atoms with Crippen LogP contribution >= 0.6 is 0 Å². The molecule has 0 aliphatic heterocycles. The van der Waals surface area contributed by atoms with Crippen molar-refractivity contribution in [2.45, 2.75) is 25.0 Å². The summed E-state index contributed by atoms with van der Waals surface area (Å²) in [6, 6.07) is 11.7. The maximum absolute atomic E-state index is 13.4. The summed E-state index contributed by atoms with van der Waals surface area (Å²) < 4.78 is 37.9. The molecule has 0 amide bonds. The van der Waals surface area contributed by atoms with Crippen molar-refractivity contribution in [3.8, 4) is 0 Å². The summed E-state index contributed by atoms with van der Waals surface area (Å²) in [7, 11) is -3.31. The summed E-state index contributed by atoms with van der Waals surface area (Å²) in [6.07, 6.45) is 0. The highest BCUT2D eigenvalue weighted by Gasteiger charge is 2.15. The van der Waals surface area contributed by atoms with Crippen molar-refractivity contribution in [1.29, 1.82) is 0 Å². The van der Waals surface area contributed by atoms with Crippen molar-refractivity contribution in [3.63, 3.8) is 0 Å². The normalized spacial score (nSPS) is 11.6. The highest BCUT2D eigenvalue weighted by atomic mass is 32.2. The van der Waals surface area contributed by atoms with Gasteiger partial charge in [0.2, 0.25) is 0 Å². The molecular formula is C16H18FNO2S. The van der Waals surface area contributed by atoms with Crippen LogP contribution in [0.3, 0.4) is 0 Å². The van der Waals surface area contributed by atoms with E-state index in [1.165, 1.54) is 18.2 Å². The molecule has 0 heterocycles. The lowest BCUT2D eigenvalue weighted by Gasteiger charge is -2.09. The van der Waals surface area contributed by atoms with Gasteiger partial charge in [0.1, 0.15) is 5.82 Å². The summed E-state index contributed by atoms with van der Waals surface area (Å²) >= 11 is 0. The highest BCUT2D eigenvalue weighted by molar-refractivity contribution is 7.89. The molecule has 0 spiro atoms. The first-order chi connectivity index (χ1) is 9.91. The lowest BCUT2D eigenvalue weighted by Crippen LogP contribution is -2.09. The molecule has 0 saturated carbocycles. The number of halogens is 1. The minimum atomic E-state index is -3.31. The second-order valence-corrected chi connectivity index (χ2v) is 7.15. The lowest BCUT2D eigenvalue weighted by atomic mass is 10.1. The number of benzene rings is 2. The zero-order valence-electron chi connectivity index (χ0n) is 11.8. The van der Waals surface area contributed by atoms with E-state index in [2.05, 4.69) is 0 Å². The molecule has 0 aliphatic carbocycles. The van der Waals surface area contributed by atoms with Crippen LogP contribution in [0.4, 0.5) is 4.39 Å². The highest BCUT2D eigenvalue weighted by Crippen LogP contribution is 2.17. The standard InChI is InChI=1S/C16H18FNO2S/c1-12-4-2-3-5-14(12)11-21(19,20)10-13-6-7-16(17)15(8-13)9-18/h2-8H,9-11,18H2,1H3. The zero-order chi connectivity index (χ0) is 15.5. The van der Waals surface area contributed by atoms with Crippen LogP contribution in [0.2, 0.25) is 0 Å². The van der Waals surface area contributed by atoms with E-state index in [0.29, 0.717) is 11.1 Å². The largest absolute Gasteiger partial charge is 0.326 e. The quantitative estimate of drug-likeness (QED) is 0.924. The van der Waals surface area contributed by atoms with Crippen molar-refractivity contribution in [2.24, 2.45) is 5.73 Å². The number of aryl methyl sites for hydroxylation is 1. The first-order valence-electron chi connectivity index (χ1n) is 6.63. The number of hydrogen-bond donors (Lipinski definition) is 1. The van der Waals surface area contributed by atoms with E-state index in [0.717, 1.165) is 11.1 Å². The molecule has 0 aliphatic rings. The molecule has 2 aromatic carbocycles. The molecule has 0 aromatic heterocycles. The first-order valence-corrected chi connectivity index (χ1v) is 8.46. The SMILES string of the molecule is Cc1ccccc1CS(=O)(=O)Cc1ccc(F)c(CN)c1. The van der Waals surface area contributed by atoms with Crippen molar-refractivity contribution in [1.82, 2.24) is 0 Å². The van der Waals surface area contributed by atoms with Gasteiger partial charge in [-0.1, -0.05) is 36.4 Å². The Morgan fingerprint density at radius 3 is 2.43 bits per heavy atom. The molecule has 2 N–H and O–H groups in total. The van der Waals surface area contributed by atoms with Gasteiger partial charge in [0.25, 0.3) is 0 Å².